The van der Waals surface area contributed by atoms with Crippen LogP contribution in [0.1, 0.15) is 12.1 Å². The van der Waals surface area contributed by atoms with E-state index in [0.29, 0.717) is 18.7 Å². The zero-order chi connectivity index (χ0) is 9.10. The molecule has 0 aliphatic carbocycles. The molecule has 1 aliphatic rings. The molecule has 2 rings (SSSR count). The Balaban J connectivity index is 1.96. The molecule has 1 fully saturated rings. The summed E-state index contributed by atoms with van der Waals surface area (Å²) in [4.78, 5) is 13.1. The molecule has 4 heteroatoms. The number of Topliss-reactive ketones (excluding diaryl/α,β-unsaturated/α-hetero) is 1. The molecule has 0 bridgehead atoms. The van der Waals surface area contributed by atoms with Gasteiger partial charge in [0.1, 0.15) is 5.78 Å². The van der Waals surface area contributed by atoms with Crippen LogP contribution >= 0.6 is 0 Å². The van der Waals surface area contributed by atoms with Crippen LogP contribution in [0.5, 0.6) is 0 Å². The standard InChI is InChI=1S/C9H11N3O/c13-9-3-5-12(7-9)6-8-2-1-4-10-11-8/h1-2,4H,3,5-7H2. The monoisotopic (exact) mass is 177 g/mol. The second kappa shape index (κ2) is 3.62. The lowest BCUT2D eigenvalue weighted by molar-refractivity contribution is -0.116. The van der Waals surface area contributed by atoms with Gasteiger partial charge in [0.05, 0.1) is 12.2 Å². The first-order chi connectivity index (χ1) is 6.34. The van der Waals surface area contributed by atoms with E-state index in [0.717, 1.165) is 18.8 Å². The number of aromatic nitrogens is 2. The SMILES string of the molecule is O=C1CCN(Cc2cccnn2)C1. The molecule has 2 heterocycles. The third-order valence-electron chi connectivity index (χ3n) is 2.12. The second-order valence-electron chi connectivity index (χ2n) is 3.21. The minimum atomic E-state index is 0.323. The van der Waals surface area contributed by atoms with Gasteiger partial charge in [-0.3, -0.25) is 9.69 Å². The highest BCUT2D eigenvalue weighted by molar-refractivity contribution is 5.82. The molecule has 1 aliphatic heterocycles. The maximum Gasteiger partial charge on any atom is 0.148 e. The fraction of sp³-hybridized carbons (Fsp3) is 0.444. The van der Waals surface area contributed by atoms with Crippen molar-refractivity contribution in [2.75, 3.05) is 13.1 Å². The topological polar surface area (TPSA) is 46.1 Å². The fourth-order valence-electron chi connectivity index (χ4n) is 1.47. The summed E-state index contributed by atoms with van der Waals surface area (Å²) in [7, 11) is 0. The first-order valence-electron chi connectivity index (χ1n) is 4.35. The molecule has 68 valence electrons. The lowest BCUT2D eigenvalue weighted by Gasteiger charge is -2.11. The van der Waals surface area contributed by atoms with Crippen molar-refractivity contribution in [1.82, 2.24) is 15.1 Å². The van der Waals surface area contributed by atoms with E-state index in [1.165, 1.54) is 0 Å². The molecule has 0 radical (unpaired) electrons. The highest BCUT2D eigenvalue weighted by atomic mass is 16.1. The van der Waals surface area contributed by atoms with Crippen LogP contribution in [0.3, 0.4) is 0 Å². The van der Waals surface area contributed by atoms with Gasteiger partial charge in [-0.1, -0.05) is 0 Å². The van der Waals surface area contributed by atoms with E-state index in [1.807, 2.05) is 12.1 Å². The van der Waals surface area contributed by atoms with Crippen LogP contribution in [0, 0.1) is 0 Å². The number of hydrogen-bond acceptors (Lipinski definition) is 4. The average Bonchev–Trinajstić information content (AvgIpc) is 2.53. The quantitative estimate of drug-likeness (QED) is 0.649. The Hall–Kier alpha value is -1.29. The van der Waals surface area contributed by atoms with Crippen molar-refractivity contribution in [3.05, 3.63) is 24.0 Å². The van der Waals surface area contributed by atoms with Crippen molar-refractivity contribution >= 4 is 5.78 Å². The van der Waals surface area contributed by atoms with Gasteiger partial charge in [-0.2, -0.15) is 10.2 Å². The molecule has 0 aromatic carbocycles. The van der Waals surface area contributed by atoms with Crippen LogP contribution in [0.2, 0.25) is 0 Å². The number of rotatable bonds is 2. The van der Waals surface area contributed by atoms with E-state index in [9.17, 15) is 4.79 Å². The molecule has 1 aromatic heterocycles. The Morgan fingerprint density at radius 2 is 2.46 bits per heavy atom. The summed E-state index contributed by atoms with van der Waals surface area (Å²) in [5.74, 6) is 0.323. The molecule has 0 spiro atoms. The average molecular weight is 177 g/mol. The Kier molecular flexibility index (Phi) is 2.31. The smallest absolute Gasteiger partial charge is 0.148 e. The van der Waals surface area contributed by atoms with Crippen LogP contribution in [-0.4, -0.2) is 34.0 Å². The maximum absolute atomic E-state index is 11.0. The van der Waals surface area contributed by atoms with Gasteiger partial charge in [0.25, 0.3) is 0 Å². The summed E-state index contributed by atoms with van der Waals surface area (Å²) in [6.45, 7) is 2.16. The van der Waals surface area contributed by atoms with Crippen LogP contribution in [-0.2, 0) is 11.3 Å². The Bertz CT molecular complexity index is 299. The molecule has 1 aromatic rings. The van der Waals surface area contributed by atoms with Crippen molar-refractivity contribution in [3.8, 4) is 0 Å². The number of likely N-dealkylation sites (tertiary alicyclic amines) is 1. The first kappa shape index (κ1) is 8.31. The number of carbonyl (C=O) groups excluding carboxylic acids is 1. The van der Waals surface area contributed by atoms with Crippen molar-refractivity contribution in [1.29, 1.82) is 0 Å². The zero-order valence-electron chi connectivity index (χ0n) is 7.31. The van der Waals surface area contributed by atoms with Crippen molar-refractivity contribution < 1.29 is 4.79 Å². The zero-order valence-corrected chi connectivity index (χ0v) is 7.31. The van der Waals surface area contributed by atoms with E-state index in [1.54, 1.807) is 6.20 Å². The van der Waals surface area contributed by atoms with E-state index in [2.05, 4.69) is 15.1 Å². The molecular formula is C9H11N3O. The van der Waals surface area contributed by atoms with Crippen molar-refractivity contribution in [2.24, 2.45) is 0 Å². The van der Waals surface area contributed by atoms with Gasteiger partial charge in [0.15, 0.2) is 0 Å². The van der Waals surface area contributed by atoms with Crippen LogP contribution in [0.25, 0.3) is 0 Å². The van der Waals surface area contributed by atoms with Gasteiger partial charge < -0.3 is 0 Å². The van der Waals surface area contributed by atoms with E-state index >= 15 is 0 Å². The van der Waals surface area contributed by atoms with E-state index in [4.69, 9.17) is 0 Å². The molecule has 0 amide bonds. The normalized spacial score (nSPS) is 18.0. The minimum Gasteiger partial charge on any atom is -0.298 e. The van der Waals surface area contributed by atoms with Gasteiger partial charge in [0.2, 0.25) is 0 Å². The first-order valence-corrected chi connectivity index (χ1v) is 4.35. The third-order valence-corrected chi connectivity index (χ3v) is 2.12. The lowest BCUT2D eigenvalue weighted by Crippen LogP contribution is -2.20. The summed E-state index contributed by atoms with van der Waals surface area (Å²) in [6, 6.07) is 3.79. The van der Waals surface area contributed by atoms with Gasteiger partial charge >= 0.3 is 0 Å². The summed E-state index contributed by atoms with van der Waals surface area (Å²) >= 11 is 0. The third kappa shape index (κ3) is 2.09. The predicted octanol–water partition coefficient (Wildman–Crippen LogP) is 0.251. The maximum atomic E-state index is 11.0. The molecule has 13 heavy (non-hydrogen) atoms. The van der Waals surface area contributed by atoms with Gasteiger partial charge in [-0.15, -0.1) is 0 Å². The summed E-state index contributed by atoms with van der Waals surface area (Å²) < 4.78 is 0. The van der Waals surface area contributed by atoms with Gasteiger partial charge in [0, 0.05) is 25.7 Å². The predicted molar refractivity (Wildman–Crippen MR) is 46.9 cm³/mol. The molecule has 0 unspecified atom stereocenters. The highest BCUT2D eigenvalue weighted by Gasteiger charge is 2.19. The Morgan fingerprint density at radius 3 is 3.08 bits per heavy atom. The second-order valence-corrected chi connectivity index (χ2v) is 3.21. The van der Waals surface area contributed by atoms with Gasteiger partial charge in [-0.25, -0.2) is 0 Å². The summed E-state index contributed by atoms with van der Waals surface area (Å²) in [5, 5.41) is 7.75. The molecular weight excluding hydrogens is 166 g/mol. The number of nitrogens with zero attached hydrogens (tertiary/aromatic N) is 3. The minimum absolute atomic E-state index is 0.323. The van der Waals surface area contributed by atoms with Crippen molar-refractivity contribution in [2.45, 2.75) is 13.0 Å². The van der Waals surface area contributed by atoms with E-state index in [-0.39, 0.29) is 0 Å². The van der Waals surface area contributed by atoms with Crippen LogP contribution in [0.15, 0.2) is 18.3 Å². The number of ketones is 1. The lowest BCUT2D eigenvalue weighted by atomic mass is 10.3. The fourth-order valence-corrected chi connectivity index (χ4v) is 1.47. The van der Waals surface area contributed by atoms with Crippen LogP contribution in [0.4, 0.5) is 0 Å². The van der Waals surface area contributed by atoms with Crippen molar-refractivity contribution in [3.63, 3.8) is 0 Å². The van der Waals surface area contributed by atoms with Crippen LogP contribution < -0.4 is 0 Å². The molecule has 0 saturated carbocycles. The number of hydrogen-bond donors (Lipinski definition) is 0. The van der Waals surface area contributed by atoms with E-state index < -0.39 is 0 Å². The Labute approximate surface area is 76.6 Å². The molecule has 0 atom stereocenters. The summed E-state index contributed by atoms with van der Waals surface area (Å²) in [5.41, 5.74) is 0.928. The van der Waals surface area contributed by atoms with Gasteiger partial charge in [-0.05, 0) is 12.1 Å². The molecule has 0 N–H and O–H groups in total. The summed E-state index contributed by atoms with van der Waals surface area (Å²) in [6.07, 6.45) is 2.33. The molecule has 4 nitrogen and oxygen atoms in total. The highest BCUT2D eigenvalue weighted by Crippen LogP contribution is 2.07. The Morgan fingerprint density at radius 1 is 1.54 bits per heavy atom. The number of carbonyl (C=O) groups is 1. The largest absolute Gasteiger partial charge is 0.298 e. The molecule has 1 saturated heterocycles.